The molecule has 3 rings (SSSR count). The molecule has 0 aliphatic carbocycles. The highest BCUT2D eigenvalue weighted by Gasteiger charge is 2.24. The SMILES string of the molecule is O=S(=O)(Nc1ccc(Cl)nn1)c1c(Cl)nc2ccccn12. The number of pyridine rings is 1. The Bertz CT molecular complexity index is 908. The molecule has 10 heteroatoms. The van der Waals surface area contributed by atoms with Crippen molar-refractivity contribution in [2.45, 2.75) is 5.03 Å². The highest BCUT2D eigenvalue weighted by atomic mass is 35.5. The van der Waals surface area contributed by atoms with E-state index in [9.17, 15) is 8.42 Å². The molecule has 0 atom stereocenters. The Balaban J connectivity index is 2.08. The third-order valence-corrected chi connectivity index (χ3v) is 4.53. The molecule has 0 aliphatic heterocycles. The van der Waals surface area contributed by atoms with Crippen LogP contribution in [0.1, 0.15) is 0 Å². The molecule has 0 radical (unpaired) electrons. The van der Waals surface area contributed by atoms with Crippen LogP contribution in [-0.2, 0) is 10.0 Å². The predicted molar refractivity (Wildman–Crippen MR) is 78.1 cm³/mol. The van der Waals surface area contributed by atoms with E-state index in [1.807, 2.05) is 0 Å². The third kappa shape index (κ3) is 2.65. The highest BCUT2D eigenvalue weighted by Crippen LogP contribution is 2.24. The molecular weight excluding hydrogens is 337 g/mol. The lowest BCUT2D eigenvalue weighted by Crippen LogP contribution is -2.16. The normalized spacial score (nSPS) is 11.7. The van der Waals surface area contributed by atoms with Gasteiger partial charge in [0.05, 0.1) is 0 Å². The minimum Gasteiger partial charge on any atom is -0.288 e. The molecule has 0 aliphatic rings. The highest BCUT2D eigenvalue weighted by molar-refractivity contribution is 7.92. The quantitative estimate of drug-likeness (QED) is 0.787. The van der Waals surface area contributed by atoms with Gasteiger partial charge >= 0.3 is 0 Å². The summed E-state index contributed by atoms with van der Waals surface area (Å²) in [7, 11) is -3.97. The topological polar surface area (TPSA) is 89.2 Å². The molecule has 21 heavy (non-hydrogen) atoms. The van der Waals surface area contributed by atoms with Crippen molar-refractivity contribution in [3.63, 3.8) is 0 Å². The Morgan fingerprint density at radius 2 is 1.90 bits per heavy atom. The minimum absolute atomic E-state index is 0.0290. The van der Waals surface area contributed by atoms with E-state index in [0.717, 1.165) is 0 Å². The van der Waals surface area contributed by atoms with Crippen molar-refractivity contribution in [1.82, 2.24) is 19.6 Å². The molecule has 3 heterocycles. The molecule has 0 saturated heterocycles. The van der Waals surface area contributed by atoms with Crippen molar-refractivity contribution in [1.29, 1.82) is 0 Å². The molecule has 3 aromatic heterocycles. The smallest absolute Gasteiger partial charge is 0.282 e. The summed E-state index contributed by atoms with van der Waals surface area (Å²) in [5.74, 6) is 0.0290. The molecule has 3 aromatic rings. The molecule has 0 aromatic carbocycles. The van der Waals surface area contributed by atoms with Gasteiger partial charge in [0.2, 0.25) is 0 Å². The van der Waals surface area contributed by atoms with E-state index in [0.29, 0.717) is 5.65 Å². The van der Waals surface area contributed by atoms with Crippen LogP contribution in [0.15, 0.2) is 41.6 Å². The molecule has 1 N–H and O–H groups in total. The summed E-state index contributed by atoms with van der Waals surface area (Å²) in [5, 5.41) is 7.06. The number of anilines is 1. The number of nitrogens with zero attached hydrogens (tertiary/aromatic N) is 4. The number of aromatic nitrogens is 4. The average molecular weight is 344 g/mol. The number of hydrogen-bond acceptors (Lipinski definition) is 5. The van der Waals surface area contributed by atoms with Gasteiger partial charge in [0.15, 0.2) is 21.2 Å². The Kier molecular flexibility index (Phi) is 3.44. The number of hydrogen-bond donors (Lipinski definition) is 1. The molecule has 0 spiro atoms. The lowest BCUT2D eigenvalue weighted by Gasteiger charge is -2.06. The fraction of sp³-hybridized carbons (Fsp3) is 0. The molecule has 0 bridgehead atoms. The number of imidazole rings is 1. The molecule has 0 saturated carbocycles. The van der Waals surface area contributed by atoms with Crippen LogP contribution in [0.2, 0.25) is 10.3 Å². The van der Waals surface area contributed by atoms with Gasteiger partial charge in [0.25, 0.3) is 10.0 Å². The summed E-state index contributed by atoms with van der Waals surface area (Å²) in [6.07, 6.45) is 1.55. The summed E-state index contributed by atoms with van der Waals surface area (Å²) in [5.41, 5.74) is 0.421. The van der Waals surface area contributed by atoms with E-state index in [-0.39, 0.29) is 21.2 Å². The van der Waals surface area contributed by atoms with Gasteiger partial charge in [-0.25, -0.2) is 4.98 Å². The number of halogens is 2. The van der Waals surface area contributed by atoms with Gasteiger partial charge in [-0.2, -0.15) is 8.42 Å². The number of sulfonamides is 1. The van der Waals surface area contributed by atoms with Crippen LogP contribution < -0.4 is 4.72 Å². The zero-order chi connectivity index (χ0) is 15.0. The first-order chi connectivity index (χ1) is 9.97. The van der Waals surface area contributed by atoms with Crippen molar-refractivity contribution >= 4 is 44.7 Å². The Morgan fingerprint density at radius 3 is 2.62 bits per heavy atom. The van der Waals surface area contributed by atoms with Gasteiger partial charge in [-0.05, 0) is 24.3 Å². The Labute approximate surface area is 129 Å². The lowest BCUT2D eigenvalue weighted by atomic mass is 10.5. The van der Waals surface area contributed by atoms with Gasteiger partial charge < -0.3 is 0 Å². The summed E-state index contributed by atoms with van der Waals surface area (Å²) in [4.78, 5) is 3.99. The van der Waals surface area contributed by atoms with Gasteiger partial charge in [0, 0.05) is 6.20 Å². The monoisotopic (exact) mass is 343 g/mol. The molecule has 0 amide bonds. The molecule has 7 nitrogen and oxygen atoms in total. The predicted octanol–water partition coefficient (Wildman–Crippen LogP) is 2.23. The van der Waals surface area contributed by atoms with Gasteiger partial charge in [-0.3, -0.25) is 9.12 Å². The van der Waals surface area contributed by atoms with Crippen LogP contribution in [0.5, 0.6) is 0 Å². The molecule has 108 valence electrons. The second-order valence-electron chi connectivity index (χ2n) is 3.98. The second-order valence-corrected chi connectivity index (χ2v) is 6.33. The molecule has 0 unspecified atom stereocenters. The van der Waals surface area contributed by atoms with Crippen LogP contribution in [0.3, 0.4) is 0 Å². The summed E-state index contributed by atoms with van der Waals surface area (Å²) in [6, 6.07) is 7.86. The number of fused-ring (bicyclic) bond motifs is 1. The van der Waals surface area contributed by atoms with Crippen molar-refractivity contribution in [3.8, 4) is 0 Å². The van der Waals surface area contributed by atoms with E-state index in [1.54, 1.807) is 24.4 Å². The third-order valence-electron chi connectivity index (χ3n) is 2.57. The summed E-state index contributed by atoms with van der Waals surface area (Å²) >= 11 is 11.5. The van der Waals surface area contributed by atoms with Crippen LogP contribution in [-0.4, -0.2) is 28.0 Å². The maximum absolute atomic E-state index is 12.4. The largest absolute Gasteiger partial charge is 0.288 e. The van der Waals surface area contributed by atoms with E-state index >= 15 is 0 Å². The molecule has 0 fully saturated rings. The lowest BCUT2D eigenvalue weighted by molar-refractivity contribution is 0.596. The van der Waals surface area contributed by atoms with Gasteiger partial charge in [-0.1, -0.05) is 29.3 Å². The van der Waals surface area contributed by atoms with Crippen molar-refractivity contribution in [2.75, 3.05) is 4.72 Å². The first-order valence-electron chi connectivity index (χ1n) is 5.62. The van der Waals surface area contributed by atoms with Crippen LogP contribution >= 0.6 is 23.2 Å². The first-order valence-corrected chi connectivity index (χ1v) is 7.86. The van der Waals surface area contributed by atoms with Crippen LogP contribution in [0.25, 0.3) is 5.65 Å². The fourth-order valence-electron chi connectivity index (χ4n) is 1.74. The zero-order valence-corrected chi connectivity index (χ0v) is 12.6. The maximum Gasteiger partial charge on any atom is 0.282 e. The molecular formula is C11H7Cl2N5O2S. The average Bonchev–Trinajstić information content (AvgIpc) is 2.77. The second kappa shape index (κ2) is 5.14. The van der Waals surface area contributed by atoms with Gasteiger partial charge in [-0.15, -0.1) is 10.2 Å². The standard InChI is InChI=1S/C11H7Cl2N5O2S/c12-7-4-5-8(16-15-7)17-21(19,20)11-10(13)14-9-3-1-2-6-18(9)11/h1-6H,(H,16,17). The van der Waals surface area contributed by atoms with E-state index < -0.39 is 10.0 Å². The first kappa shape index (κ1) is 14.1. The number of nitrogens with one attached hydrogen (secondary N) is 1. The number of rotatable bonds is 3. The maximum atomic E-state index is 12.4. The van der Waals surface area contributed by atoms with E-state index in [4.69, 9.17) is 23.2 Å². The van der Waals surface area contributed by atoms with Crippen molar-refractivity contribution < 1.29 is 8.42 Å². The van der Waals surface area contributed by atoms with E-state index in [1.165, 1.54) is 16.5 Å². The Morgan fingerprint density at radius 1 is 1.10 bits per heavy atom. The van der Waals surface area contributed by atoms with Crippen LogP contribution in [0, 0.1) is 0 Å². The summed E-state index contributed by atoms with van der Waals surface area (Å²) < 4.78 is 28.5. The zero-order valence-electron chi connectivity index (χ0n) is 10.2. The van der Waals surface area contributed by atoms with Crippen molar-refractivity contribution in [3.05, 3.63) is 46.8 Å². The fourth-order valence-corrected chi connectivity index (χ4v) is 3.49. The minimum atomic E-state index is -3.97. The van der Waals surface area contributed by atoms with Crippen molar-refractivity contribution in [2.24, 2.45) is 0 Å². The Hall–Kier alpha value is -1.90. The van der Waals surface area contributed by atoms with Gasteiger partial charge in [0.1, 0.15) is 5.65 Å². The van der Waals surface area contributed by atoms with E-state index in [2.05, 4.69) is 19.9 Å². The van der Waals surface area contributed by atoms with Crippen LogP contribution in [0.4, 0.5) is 5.82 Å². The summed E-state index contributed by atoms with van der Waals surface area (Å²) in [6.45, 7) is 0.